The van der Waals surface area contributed by atoms with Crippen LogP contribution in [0, 0.1) is 6.92 Å². The number of rotatable bonds is 2. The first-order valence-electron chi connectivity index (χ1n) is 6.45. The van der Waals surface area contributed by atoms with Gasteiger partial charge in [0, 0.05) is 16.0 Å². The average molecular weight is 300 g/mol. The summed E-state index contributed by atoms with van der Waals surface area (Å²) >= 11 is 6.09. The van der Waals surface area contributed by atoms with E-state index in [0.29, 0.717) is 16.7 Å². The molecular formula is C16H14ClN3O. The van der Waals surface area contributed by atoms with Gasteiger partial charge in [-0.3, -0.25) is 0 Å². The summed E-state index contributed by atoms with van der Waals surface area (Å²) in [5, 5.41) is 1.43. The van der Waals surface area contributed by atoms with E-state index in [1.165, 1.54) is 0 Å². The molecule has 0 bridgehead atoms. The molecule has 3 aromatic rings. The molecule has 21 heavy (non-hydrogen) atoms. The van der Waals surface area contributed by atoms with Gasteiger partial charge in [0.15, 0.2) is 5.82 Å². The molecule has 0 amide bonds. The van der Waals surface area contributed by atoms with Gasteiger partial charge in [-0.15, -0.1) is 0 Å². The van der Waals surface area contributed by atoms with Gasteiger partial charge in [-0.1, -0.05) is 11.6 Å². The summed E-state index contributed by atoms with van der Waals surface area (Å²) in [6, 6.07) is 11.3. The van der Waals surface area contributed by atoms with Crippen molar-refractivity contribution in [3.63, 3.8) is 0 Å². The summed E-state index contributed by atoms with van der Waals surface area (Å²) < 4.78 is 5.20. The van der Waals surface area contributed by atoms with Gasteiger partial charge in [0.25, 0.3) is 0 Å². The molecule has 0 unspecified atom stereocenters. The summed E-state index contributed by atoms with van der Waals surface area (Å²) in [7, 11) is 1.61. The monoisotopic (exact) mass is 299 g/mol. The molecule has 2 aromatic carbocycles. The fourth-order valence-electron chi connectivity index (χ4n) is 2.25. The van der Waals surface area contributed by atoms with Crippen molar-refractivity contribution in [1.29, 1.82) is 0 Å². The first kappa shape index (κ1) is 13.6. The number of fused-ring (bicyclic) bond motifs is 1. The normalized spacial score (nSPS) is 10.8. The zero-order chi connectivity index (χ0) is 15.0. The van der Waals surface area contributed by atoms with Gasteiger partial charge in [0.05, 0.1) is 12.6 Å². The highest BCUT2D eigenvalue weighted by Gasteiger charge is 2.09. The molecule has 0 aliphatic carbocycles. The molecular weight excluding hydrogens is 286 g/mol. The van der Waals surface area contributed by atoms with E-state index < -0.39 is 0 Å². The molecule has 0 spiro atoms. The number of hydrogen-bond acceptors (Lipinski definition) is 4. The van der Waals surface area contributed by atoms with Crippen LogP contribution >= 0.6 is 11.6 Å². The maximum atomic E-state index is 6.09. The Morgan fingerprint density at radius 1 is 1.10 bits per heavy atom. The van der Waals surface area contributed by atoms with E-state index in [-0.39, 0.29) is 0 Å². The molecule has 1 heterocycles. The number of aryl methyl sites for hydroxylation is 1. The second kappa shape index (κ2) is 5.22. The lowest BCUT2D eigenvalue weighted by atomic mass is 10.1. The molecule has 0 radical (unpaired) electrons. The van der Waals surface area contributed by atoms with Crippen molar-refractivity contribution in [2.45, 2.75) is 6.92 Å². The van der Waals surface area contributed by atoms with Crippen LogP contribution in [0.25, 0.3) is 22.3 Å². The van der Waals surface area contributed by atoms with Crippen LogP contribution in [-0.4, -0.2) is 17.1 Å². The molecule has 0 saturated carbocycles. The number of aromatic nitrogens is 2. The smallest absolute Gasteiger partial charge is 0.162 e. The van der Waals surface area contributed by atoms with Crippen LogP contribution in [0.2, 0.25) is 5.02 Å². The Hall–Kier alpha value is -2.33. The predicted octanol–water partition coefficient (Wildman–Crippen LogP) is 3.85. The molecule has 0 atom stereocenters. The Morgan fingerprint density at radius 2 is 1.90 bits per heavy atom. The zero-order valence-corrected chi connectivity index (χ0v) is 12.5. The second-order valence-corrected chi connectivity index (χ2v) is 5.27. The van der Waals surface area contributed by atoms with E-state index in [1.54, 1.807) is 7.11 Å². The third-order valence-corrected chi connectivity index (χ3v) is 3.45. The number of ether oxygens (including phenoxy) is 1. The van der Waals surface area contributed by atoms with Crippen LogP contribution in [0.1, 0.15) is 5.56 Å². The SMILES string of the molecule is COc1ccc2nc(-c3cc(C)cc(Cl)c3)nc(N)c2c1. The minimum atomic E-state index is 0.423. The molecule has 4 nitrogen and oxygen atoms in total. The number of nitrogens with two attached hydrogens (primary N) is 1. The number of benzene rings is 2. The van der Waals surface area contributed by atoms with E-state index in [2.05, 4.69) is 9.97 Å². The van der Waals surface area contributed by atoms with Gasteiger partial charge in [0.2, 0.25) is 0 Å². The summed E-state index contributed by atoms with van der Waals surface area (Å²) in [5.41, 5.74) is 8.73. The van der Waals surface area contributed by atoms with Crippen molar-refractivity contribution < 1.29 is 4.74 Å². The van der Waals surface area contributed by atoms with Crippen LogP contribution < -0.4 is 10.5 Å². The number of anilines is 1. The fourth-order valence-corrected chi connectivity index (χ4v) is 2.54. The first-order valence-corrected chi connectivity index (χ1v) is 6.83. The van der Waals surface area contributed by atoms with Crippen molar-refractivity contribution >= 4 is 28.3 Å². The van der Waals surface area contributed by atoms with E-state index >= 15 is 0 Å². The molecule has 1 aromatic heterocycles. The largest absolute Gasteiger partial charge is 0.497 e. The lowest BCUT2D eigenvalue weighted by molar-refractivity contribution is 0.415. The van der Waals surface area contributed by atoms with Gasteiger partial charge in [0.1, 0.15) is 11.6 Å². The van der Waals surface area contributed by atoms with Crippen LogP contribution in [0.3, 0.4) is 0 Å². The average Bonchev–Trinajstić information content (AvgIpc) is 2.46. The van der Waals surface area contributed by atoms with Gasteiger partial charge in [-0.2, -0.15) is 0 Å². The molecule has 3 rings (SSSR count). The first-order chi connectivity index (χ1) is 10.1. The molecule has 2 N–H and O–H groups in total. The second-order valence-electron chi connectivity index (χ2n) is 4.83. The molecule has 5 heteroatoms. The van der Waals surface area contributed by atoms with Crippen molar-refractivity contribution in [2.75, 3.05) is 12.8 Å². The van der Waals surface area contributed by atoms with Crippen molar-refractivity contribution in [3.05, 3.63) is 47.0 Å². The number of nitrogen functional groups attached to an aromatic ring is 1. The van der Waals surface area contributed by atoms with E-state index in [4.69, 9.17) is 22.1 Å². The third-order valence-electron chi connectivity index (χ3n) is 3.23. The predicted molar refractivity (Wildman–Crippen MR) is 85.7 cm³/mol. The molecule has 0 fully saturated rings. The maximum absolute atomic E-state index is 6.09. The van der Waals surface area contributed by atoms with Crippen LogP contribution in [0.4, 0.5) is 5.82 Å². The number of halogens is 1. The number of methoxy groups -OCH3 is 1. The summed E-state index contributed by atoms with van der Waals surface area (Å²) in [6.45, 7) is 1.98. The summed E-state index contributed by atoms with van der Waals surface area (Å²) in [6.07, 6.45) is 0. The molecule has 0 aliphatic rings. The highest BCUT2D eigenvalue weighted by molar-refractivity contribution is 6.30. The Balaban J connectivity index is 2.20. The molecule has 0 aliphatic heterocycles. The van der Waals surface area contributed by atoms with Crippen molar-refractivity contribution in [3.8, 4) is 17.1 Å². The molecule has 106 valence electrons. The Labute approximate surface area is 127 Å². The van der Waals surface area contributed by atoms with E-state index in [1.807, 2.05) is 43.3 Å². The van der Waals surface area contributed by atoms with E-state index in [0.717, 1.165) is 27.8 Å². The quantitative estimate of drug-likeness (QED) is 0.781. The minimum Gasteiger partial charge on any atom is -0.497 e. The van der Waals surface area contributed by atoms with Gasteiger partial charge < -0.3 is 10.5 Å². The van der Waals surface area contributed by atoms with Crippen LogP contribution in [-0.2, 0) is 0 Å². The van der Waals surface area contributed by atoms with Crippen LogP contribution in [0.15, 0.2) is 36.4 Å². The Bertz CT molecular complexity index is 813. The third kappa shape index (κ3) is 2.62. The summed E-state index contributed by atoms with van der Waals surface area (Å²) in [5.74, 6) is 1.71. The van der Waals surface area contributed by atoms with Crippen LogP contribution in [0.5, 0.6) is 5.75 Å². The van der Waals surface area contributed by atoms with Crippen molar-refractivity contribution in [2.24, 2.45) is 0 Å². The van der Waals surface area contributed by atoms with Gasteiger partial charge in [-0.05, 0) is 48.9 Å². The molecule has 0 saturated heterocycles. The van der Waals surface area contributed by atoms with Crippen molar-refractivity contribution in [1.82, 2.24) is 9.97 Å². The van der Waals surface area contributed by atoms with Gasteiger partial charge in [-0.25, -0.2) is 9.97 Å². The number of hydrogen-bond donors (Lipinski definition) is 1. The summed E-state index contributed by atoms with van der Waals surface area (Å²) in [4.78, 5) is 8.94. The maximum Gasteiger partial charge on any atom is 0.162 e. The van der Waals surface area contributed by atoms with Gasteiger partial charge >= 0.3 is 0 Å². The minimum absolute atomic E-state index is 0.423. The lowest BCUT2D eigenvalue weighted by Crippen LogP contribution is -1.98. The number of nitrogens with zero attached hydrogens (tertiary/aromatic N) is 2. The fraction of sp³-hybridized carbons (Fsp3) is 0.125. The lowest BCUT2D eigenvalue weighted by Gasteiger charge is -2.08. The highest BCUT2D eigenvalue weighted by Crippen LogP contribution is 2.28. The van der Waals surface area contributed by atoms with E-state index in [9.17, 15) is 0 Å². The Kier molecular flexibility index (Phi) is 3.39. The highest BCUT2D eigenvalue weighted by atomic mass is 35.5. The zero-order valence-electron chi connectivity index (χ0n) is 11.7. The Morgan fingerprint density at radius 3 is 2.62 bits per heavy atom. The standard InChI is InChI=1S/C16H14ClN3O/c1-9-5-10(7-11(17)6-9)16-19-14-4-3-12(21-2)8-13(14)15(18)20-16/h3-8H,1-2H3,(H2,18,19,20). The topological polar surface area (TPSA) is 61.0 Å².